The number of aliphatic hydroxyl groups excluding tert-OH is 1. The molecule has 1 atom stereocenters. The van der Waals surface area contributed by atoms with Gasteiger partial charge >= 0.3 is 0 Å². The van der Waals surface area contributed by atoms with Crippen molar-refractivity contribution >= 4 is 15.9 Å². The number of aromatic nitrogens is 1. The third-order valence-corrected chi connectivity index (χ3v) is 2.17. The Morgan fingerprint density at radius 3 is 2.67 bits per heavy atom. The number of halogens is 1. The number of ether oxygens (including phenoxy) is 1. The molecule has 0 aliphatic carbocycles. The summed E-state index contributed by atoms with van der Waals surface area (Å²) in [5, 5.41) is 9.38. The van der Waals surface area contributed by atoms with E-state index in [0.717, 1.165) is 10.0 Å². The highest BCUT2D eigenvalue weighted by Gasteiger charge is 2.12. The molecule has 1 aromatic heterocycles. The fourth-order valence-corrected chi connectivity index (χ4v) is 1.64. The first-order valence-corrected chi connectivity index (χ1v) is 4.31. The maximum atomic E-state index is 9.38. The Morgan fingerprint density at radius 1 is 1.58 bits per heavy atom. The van der Waals surface area contributed by atoms with Crippen LogP contribution in [0.15, 0.2) is 16.9 Å². The molecule has 0 spiro atoms. The van der Waals surface area contributed by atoms with E-state index in [2.05, 4.69) is 20.9 Å². The highest BCUT2D eigenvalue weighted by molar-refractivity contribution is 9.10. The molecule has 0 amide bonds. The van der Waals surface area contributed by atoms with E-state index < -0.39 is 6.10 Å². The monoisotopic (exact) mass is 231 g/mol. The van der Waals surface area contributed by atoms with Gasteiger partial charge in [-0.1, -0.05) is 0 Å². The molecule has 0 aliphatic rings. The average Bonchev–Trinajstić information content (AvgIpc) is 2.03. The largest absolute Gasteiger partial charge is 0.495 e. The van der Waals surface area contributed by atoms with Crippen molar-refractivity contribution in [3.8, 4) is 5.75 Å². The molecule has 1 N–H and O–H groups in total. The summed E-state index contributed by atoms with van der Waals surface area (Å²) in [6, 6.07) is 0. The minimum Gasteiger partial charge on any atom is -0.495 e. The van der Waals surface area contributed by atoms with Gasteiger partial charge in [-0.2, -0.15) is 0 Å². The van der Waals surface area contributed by atoms with E-state index in [1.807, 2.05) is 0 Å². The summed E-state index contributed by atoms with van der Waals surface area (Å²) in [6.45, 7) is 1.68. The first-order chi connectivity index (χ1) is 5.66. The first kappa shape index (κ1) is 9.48. The van der Waals surface area contributed by atoms with Gasteiger partial charge in [0.1, 0.15) is 5.75 Å². The standard InChI is InChI=1S/C8H10BrNO2/c1-5(11)8-6(9)3-10-4-7(8)12-2/h3-5,11H,1-2H3/t5-/m1/s1. The zero-order valence-electron chi connectivity index (χ0n) is 6.91. The van der Waals surface area contributed by atoms with Gasteiger partial charge in [-0.3, -0.25) is 4.98 Å². The molecule has 0 aromatic carbocycles. The topological polar surface area (TPSA) is 42.4 Å². The molecule has 0 radical (unpaired) electrons. The first-order valence-electron chi connectivity index (χ1n) is 3.52. The van der Waals surface area contributed by atoms with Gasteiger partial charge in [-0.25, -0.2) is 0 Å². The van der Waals surface area contributed by atoms with Crippen LogP contribution in [0.1, 0.15) is 18.6 Å². The van der Waals surface area contributed by atoms with Crippen LogP contribution in [-0.2, 0) is 0 Å². The van der Waals surface area contributed by atoms with Crippen LogP contribution in [0.5, 0.6) is 5.75 Å². The van der Waals surface area contributed by atoms with Crippen LogP contribution in [0.25, 0.3) is 0 Å². The highest BCUT2D eigenvalue weighted by Crippen LogP contribution is 2.30. The Labute approximate surface area is 79.5 Å². The summed E-state index contributed by atoms with van der Waals surface area (Å²) >= 11 is 3.29. The summed E-state index contributed by atoms with van der Waals surface area (Å²) in [5.41, 5.74) is 0.729. The predicted molar refractivity (Wildman–Crippen MR) is 49.1 cm³/mol. The minimum absolute atomic E-state index is 0.558. The van der Waals surface area contributed by atoms with Crippen molar-refractivity contribution in [1.82, 2.24) is 4.98 Å². The fraction of sp³-hybridized carbons (Fsp3) is 0.375. The lowest BCUT2D eigenvalue weighted by atomic mass is 10.1. The molecule has 0 fully saturated rings. The number of nitrogens with zero attached hydrogens (tertiary/aromatic N) is 1. The van der Waals surface area contributed by atoms with Crippen molar-refractivity contribution in [2.24, 2.45) is 0 Å². The van der Waals surface area contributed by atoms with Crippen LogP contribution in [-0.4, -0.2) is 17.2 Å². The average molecular weight is 232 g/mol. The van der Waals surface area contributed by atoms with Gasteiger partial charge in [0.2, 0.25) is 0 Å². The normalized spacial score (nSPS) is 12.7. The zero-order valence-corrected chi connectivity index (χ0v) is 8.50. The number of methoxy groups -OCH3 is 1. The van der Waals surface area contributed by atoms with Crippen LogP contribution in [0.4, 0.5) is 0 Å². The van der Waals surface area contributed by atoms with E-state index in [0.29, 0.717) is 5.75 Å². The lowest BCUT2D eigenvalue weighted by Crippen LogP contribution is -1.98. The number of aliphatic hydroxyl groups is 1. The second-order valence-electron chi connectivity index (χ2n) is 2.41. The molecular formula is C8H10BrNO2. The number of hydrogen-bond acceptors (Lipinski definition) is 3. The van der Waals surface area contributed by atoms with Crippen LogP contribution in [0.3, 0.4) is 0 Å². The van der Waals surface area contributed by atoms with Gasteiger partial charge in [-0.15, -0.1) is 0 Å². The second kappa shape index (κ2) is 3.87. The molecule has 0 saturated heterocycles. The summed E-state index contributed by atoms with van der Waals surface area (Å²) in [4.78, 5) is 3.92. The molecule has 0 unspecified atom stereocenters. The van der Waals surface area contributed by atoms with Crippen molar-refractivity contribution in [3.63, 3.8) is 0 Å². The van der Waals surface area contributed by atoms with Gasteiger partial charge in [0.05, 0.1) is 19.4 Å². The molecule has 0 saturated carbocycles. The summed E-state index contributed by atoms with van der Waals surface area (Å²) in [7, 11) is 1.55. The number of rotatable bonds is 2. The van der Waals surface area contributed by atoms with Crippen LogP contribution in [0.2, 0.25) is 0 Å². The predicted octanol–water partition coefficient (Wildman–Crippen LogP) is 1.91. The van der Waals surface area contributed by atoms with Gasteiger partial charge in [-0.05, 0) is 22.9 Å². The zero-order chi connectivity index (χ0) is 9.14. The SMILES string of the molecule is COc1cncc(Br)c1[C@@H](C)O. The fourth-order valence-electron chi connectivity index (χ4n) is 0.995. The summed E-state index contributed by atoms with van der Waals surface area (Å²) < 4.78 is 5.80. The molecule has 4 heteroatoms. The molecule has 0 bridgehead atoms. The molecule has 0 aliphatic heterocycles. The van der Waals surface area contributed by atoms with E-state index in [-0.39, 0.29) is 0 Å². The molecule has 66 valence electrons. The molecule has 3 nitrogen and oxygen atoms in total. The third-order valence-electron chi connectivity index (χ3n) is 1.54. The van der Waals surface area contributed by atoms with Gasteiger partial charge in [0.15, 0.2) is 0 Å². The minimum atomic E-state index is -0.558. The van der Waals surface area contributed by atoms with Crippen molar-refractivity contribution in [1.29, 1.82) is 0 Å². The van der Waals surface area contributed by atoms with E-state index in [4.69, 9.17) is 4.74 Å². The van der Waals surface area contributed by atoms with E-state index in [1.54, 1.807) is 26.4 Å². The smallest absolute Gasteiger partial charge is 0.144 e. The second-order valence-corrected chi connectivity index (χ2v) is 3.27. The maximum absolute atomic E-state index is 9.38. The Morgan fingerprint density at radius 2 is 2.25 bits per heavy atom. The van der Waals surface area contributed by atoms with E-state index in [1.165, 1.54) is 0 Å². The Bertz CT molecular complexity index is 276. The molecular weight excluding hydrogens is 222 g/mol. The van der Waals surface area contributed by atoms with Gasteiger partial charge < -0.3 is 9.84 Å². The molecule has 1 aromatic rings. The van der Waals surface area contributed by atoms with Gasteiger partial charge in [0.25, 0.3) is 0 Å². The van der Waals surface area contributed by atoms with Crippen LogP contribution in [0, 0.1) is 0 Å². The van der Waals surface area contributed by atoms with Crippen LogP contribution >= 0.6 is 15.9 Å². The van der Waals surface area contributed by atoms with Crippen molar-refractivity contribution in [2.45, 2.75) is 13.0 Å². The highest BCUT2D eigenvalue weighted by atomic mass is 79.9. The quantitative estimate of drug-likeness (QED) is 0.846. The molecule has 1 rings (SSSR count). The number of hydrogen-bond donors (Lipinski definition) is 1. The molecule has 12 heavy (non-hydrogen) atoms. The van der Waals surface area contributed by atoms with Crippen molar-refractivity contribution in [3.05, 3.63) is 22.4 Å². The summed E-state index contributed by atoms with van der Waals surface area (Å²) in [5.74, 6) is 0.597. The van der Waals surface area contributed by atoms with Gasteiger partial charge in [0, 0.05) is 16.2 Å². The maximum Gasteiger partial charge on any atom is 0.144 e. The summed E-state index contributed by atoms with van der Waals surface area (Å²) in [6.07, 6.45) is 2.65. The Kier molecular flexibility index (Phi) is 3.05. The lowest BCUT2D eigenvalue weighted by Gasteiger charge is -2.11. The Balaban J connectivity index is 3.20. The van der Waals surface area contributed by atoms with E-state index >= 15 is 0 Å². The number of pyridine rings is 1. The Hall–Kier alpha value is -0.610. The lowest BCUT2D eigenvalue weighted by molar-refractivity contribution is 0.193. The molecule has 1 heterocycles. The van der Waals surface area contributed by atoms with Crippen molar-refractivity contribution in [2.75, 3.05) is 7.11 Å². The van der Waals surface area contributed by atoms with E-state index in [9.17, 15) is 5.11 Å². The van der Waals surface area contributed by atoms with Crippen molar-refractivity contribution < 1.29 is 9.84 Å². The van der Waals surface area contributed by atoms with Crippen LogP contribution < -0.4 is 4.74 Å². The third kappa shape index (κ3) is 1.76.